The van der Waals surface area contributed by atoms with E-state index in [1.807, 2.05) is 18.2 Å². The molecule has 6 N–H and O–H groups in total. The molecule has 252 valence electrons. The summed E-state index contributed by atoms with van der Waals surface area (Å²) in [7, 11) is -2.15. The molecule has 0 aromatic heterocycles. The van der Waals surface area contributed by atoms with Crippen LogP contribution in [0.3, 0.4) is 0 Å². The summed E-state index contributed by atoms with van der Waals surface area (Å²) >= 11 is 3.45. The summed E-state index contributed by atoms with van der Waals surface area (Å²) in [5, 5.41) is 14.6. The smallest absolute Gasteiger partial charge is 0.408 e. The highest BCUT2D eigenvalue weighted by molar-refractivity contribution is 9.10. The number of hydrogen-bond acceptors (Lipinski definition) is 10. The third kappa shape index (κ3) is 9.84. The number of phenolic OH excluding ortho intramolecular Hbond substituents is 1. The summed E-state index contributed by atoms with van der Waals surface area (Å²) in [6.45, 7) is 0.467. The highest BCUT2D eigenvalue weighted by Crippen LogP contribution is 2.57. The van der Waals surface area contributed by atoms with Gasteiger partial charge in [-0.05, 0) is 47.7 Å². The van der Waals surface area contributed by atoms with Crippen molar-refractivity contribution in [1.82, 2.24) is 15.4 Å². The van der Waals surface area contributed by atoms with Crippen LogP contribution >= 0.6 is 26.7 Å². The van der Waals surface area contributed by atoms with Crippen molar-refractivity contribution in [3.8, 4) is 11.5 Å². The quantitative estimate of drug-likeness (QED) is 0.0973. The zero-order chi connectivity index (χ0) is 34.0. The van der Waals surface area contributed by atoms with Crippen molar-refractivity contribution >= 4 is 50.6 Å². The Hall–Kier alpha value is -4.31. The SMILES string of the molecule is COC(=O)c1c(O)cccc1OCCCCNC(=O)[C@H](Cc1ccc(C2CC(=O)NS2(O)O)c(Br)c1)NC(=O)OCc1ccccc1. The molecular weight excluding hydrogens is 698 g/mol. The van der Waals surface area contributed by atoms with Crippen LogP contribution in [0.5, 0.6) is 11.5 Å². The van der Waals surface area contributed by atoms with Gasteiger partial charge in [0.1, 0.15) is 35.0 Å². The maximum atomic E-state index is 13.3. The fourth-order valence-corrected chi connectivity index (χ4v) is 7.21. The van der Waals surface area contributed by atoms with Gasteiger partial charge in [-0.2, -0.15) is 0 Å². The van der Waals surface area contributed by atoms with E-state index in [0.29, 0.717) is 28.4 Å². The van der Waals surface area contributed by atoms with Gasteiger partial charge < -0.3 is 30.0 Å². The number of rotatable bonds is 14. The summed E-state index contributed by atoms with van der Waals surface area (Å²) in [6, 6.07) is 17.6. The first-order chi connectivity index (χ1) is 22.5. The average Bonchev–Trinajstić information content (AvgIpc) is 3.32. The van der Waals surface area contributed by atoms with E-state index in [1.54, 1.807) is 42.5 Å². The molecule has 0 bridgehead atoms. The molecule has 47 heavy (non-hydrogen) atoms. The van der Waals surface area contributed by atoms with Crippen molar-refractivity contribution in [3.63, 3.8) is 0 Å². The topological polar surface area (TPSA) is 193 Å². The first-order valence-electron chi connectivity index (χ1n) is 14.6. The number of hydrogen-bond donors (Lipinski definition) is 6. The number of aromatic hydroxyl groups is 1. The number of ether oxygens (including phenoxy) is 3. The average molecular weight is 735 g/mol. The number of unbranched alkanes of at least 4 members (excludes halogenated alkanes) is 1. The Morgan fingerprint density at radius 3 is 2.49 bits per heavy atom. The molecule has 3 aromatic carbocycles. The molecule has 1 aliphatic heterocycles. The third-order valence-electron chi connectivity index (χ3n) is 7.23. The Kier molecular flexibility index (Phi) is 12.5. The molecule has 1 fully saturated rings. The Morgan fingerprint density at radius 2 is 1.81 bits per heavy atom. The lowest BCUT2D eigenvalue weighted by Gasteiger charge is -2.33. The third-order valence-corrected chi connectivity index (χ3v) is 9.66. The van der Waals surface area contributed by atoms with Crippen molar-refractivity contribution in [2.45, 2.75) is 43.6 Å². The molecule has 1 saturated heterocycles. The molecule has 15 heteroatoms. The fraction of sp³-hybridized carbons (Fsp3) is 0.312. The van der Waals surface area contributed by atoms with Gasteiger partial charge in [0, 0.05) is 17.4 Å². The molecule has 1 unspecified atom stereocenters. The Morgan fingerprint density at radius 1 is 1.04 bits per heavy atom. The van der Waals surface area contributed by atoms with Crippen molar-refractivity contribution in [1.29, 1.82) is 0 Å². The fourth-order valence-electron chi connectivity index (χ4n) is 4.85. The minimum absolute atomic E-state index is 0.0126. The minimum Gasteiger partial charge on any atom is -0.507 e. The van der Waals surface area contributed by atoms with Gasteiger partial charge in [-0.25, -0.2) is 9.59 Å². The van der Waals surface area contributed by atoms with Crippen LogP contribution in [0.4, 0.5) is 4.79 Å². The summed E-state index contributed by atoms with van der Waals surface area (Å²) in [5.41, 5.74) is 1.88. The van der Waals surface area contributed by atoms with Crippen molar-refractivity contribution in [3.05, 3.63) is 93.5 Å². The Bertz CT molecular complexity index is 1590. The van der Waals surface area contributed by atoms with Crippen molar-refractivity contribution in [2.75, 3.05) is 20.3 Å². The van der Waals surface area contributed by atoms with Gasteiger partial charge in [0.2, 0.25) is 11.8 Å². The normalized spacial score (nSPS) is 16.3. The van der Waals surface area contributed by atoms with Gasteiger partial charge in [0.25, 0.3) is 0 Å². The summed E-state index contributed by atoms with van der Waals surface area (Å²) in [6.07, 6.45) is 0.227. The monoisotopic (exact) mass is 733 g/mol. The van der Waals surface area contributed by atoms with Crippen LogP contribution in [-0.2, 0) is 32.1 Å². The van der Waals surface area contributed by atoms with E-state index in [2.05, 4.69) is 31.3 Å². The summed E-state index contributed by atoms with van der Waals surface area (Å²) in [5.74, 6) is -1.72. The lowest BCUT2D eigenvalue weighted by atomic mass is 10.0. The summed E-state index contributed by atoms with van der Waals surface area (Å²) in [4.78, 5) is 49.8. The van der Waals surface area contributed by atoms with E-state index in [-0.39, 0.29) is 49.7 Å². The number of phenols is 1. The lowest BCUT2D eigenvalue weighted by Crippen LogP contribution is -2.48. The molecule has 1 heterocycles. The number of nitrogens with one attached hydrogen (secondary N) is 3. The number of esters is 1. The molecule has 1 aliphatic rings. The highest BCUT2D eigenvalue weighted by atomic mass is 79.9. The van der Waals surface area contributed by atoms with E-state index < -0.39 is 45.9 Å². The molecule has 3 aromatic rings. The van der Waals surface area contributed by atoms with Gasteiger partial charge in [-0.1, -0.05) is 64.5 Å². The van der Waals surface area contributed by atoms with E-state index in [9.17, 15) is 33.4 Å². The van der Waals surface area contributed by atoms with Crippen molar-refractivity contribution < 1.29 is 47.6 Å². The molecule has 0 spiro atoms. The molecule has 2 atom stereocenters. The lowest BCUT2D eigenvalue weighted by molar-refractivity contribution is -0.123. The van der Waals surface area contributed by atoms with Crippen LogP contribution in [0.1, 0.15) is 51.6 Å². The number of carbonyl (C=O) groups excluding carboxylic acids is 4. The van der Waals surface area contributed by atoms with Crippen LogP contribution < -0.4 is 20.1 Å². The second-order valence-electron chi connectivity index (χ2n) is 10.6. The van der Waals surface area contributed by atoms with Gasteiger partial charge in [-0.15, -0.1) is 10.8 Å². The number of alkyl carbamates (subject to hydrolysis) is 1. The van der Waals surface area contributed by atoms with Crippen LogP contribution in [0.2, 0.25) is 0 Å². The first kappa shape index (κ1) is 35.5. The van der Waals surface area contributed by atoms with Gasteiger partial charge in [0.05, 0.1) is 20.1 Å². The van der Waals surface area contributed by atoms with Gasteiger partial charge in [0.15, 0.2) is 0 Å². The number of carbonyl (C=O) groups is 4. The molecular formula is C32H36BrN3O10S. The van der Waals surface area contributed by atoms with Crippen molar-refractivity contribution in [2.24, 2.45) is 0 Å². The predicted molar refractivity (Wildman–Crippen MR) is 177 cm³/mol. The van der Waals surface area contributed by atoms with Crippen LogP contribution in [0, 0.1) is 0 Å². The van der Waals surface area contributed by atoms with Crippen LogP contribution in [0.15, 0.2) is 71.2 Å². The van der Waals surface area contributed by atoms with E-state index in [1.165, 1.54) is 13.2 Å². The Balaban J connectivity index is 1.36. The Labute approximate surface area is 281 Å². The predicted octanol–water partition coefficient (Wildman–Crippen LogP) is 4.98. The van der Waals surface area contributed by atoms with Gasteiger partial charge in [-0.3, -0.25) is 23.4 Å². The van der Waals surface area contributed by atoms with E-state index >= 15 is 0 Å². The zero-order valence-corrected chi connectivity index (χ0v) is 27.8. The largest absolute Gasteiger partial charge is 0.507 e. The van der Waals surface area contributed by atoms with Gasteiger partial charge >= 0.3 is 12.1 Å². The highest BCUT2D eigenvalue weighted by Gasteiger charge is 2.39. The van der Waals surface area contributed by atoms with Crippen LogP contribution in [0.25, 0.3) is 0 Å². The number of amides is 3. The maximum Gasteiger partial charge on any atom is 0.408 e. The number of benzene rings is 3. The molecule has 4 rings (SSSR count). The zero-order valence-electron chi connectivity index (χ0n) is 25.4. The van der Waals surface area contributed by atoms with E-state index in [4.69, 9.17) is 14.2 Å². The van der Waals surface area contributed by atoms with E-state index in [0.717, 1.165) is 5.56 Å². The molecule has 13 nitrogen and oxygen atoms in total. The molecule has 0 radical (unpaired) electrons. The standard InChI is InChI=1S/C32H36BrN3O10S/c1-44-31(40)29-25(37)10-7-11-26(29)45-15-6-5-14-34-30(39)24(35-32(41)46-19-20-8-3-2-4-9-20)17-21-12-13-22(23(33)16-21)27-18-28(38)36-47(27,42)43/h2-4,7-13,16,24,27,37,42-43H,5-6,14-15,17-19H2,1H3,(H,34,39)(H,35,41)(H,36,38)/t24-,27?/m0/s1. The maximum absolute atomic E-state index is 13.3. The second kappa shape index (κ2) is 16.5. The second-order valence-corrected chi connectivity index (χ2v) is 13.4. The first-order valence-corrected chi connectivity index (χ1v) is 17.0. The number of halogens is 1. The number of methoxy groups -OCH3 is 1. The summed E-state index contributed by atoms with van der Waals surface area (Å²) < 4.78 is 39.0. The van der Waals surface area contributed by atoms with Crippen LogP contribution in [-0.4, -0.2) is 64.4 Å². The molecule has 0 aliphatic carbocycles. The molecule has 3 amide bonds. The molecule has 0 saturated carbocycles. The minimum atomic E-state index is -3.36.